The van der Waals surface area contributed by atoms with Crippen LogP contribution >= 0.6 is 11.8 Å². The largest absolute Gasteiger partial charge is 0.309 e. The summed E-state index contributed by atoms with van der Waals surface area (Å²) in [5, 5.41) is 10.4. The van der Waals surface area contributed by atoms with Crippen LogP contribution < -0.4 is 10.6 Å². The van der Waals surface area contributed by atoms with E-state index in [1.165, 1.54) is 16.4 Å². The number of pyridine rings is 1. The highest BCUT2D eigenvalue weighted by molar-refractivity contribution is 7.98. The zero-order valence-corrected chi connectivity index (χ0v) is 15.9. The molecular formula is C19H18N6O2S. The number of thioether (sulfide) groups is 1. The van der Waals surface area contributed by atoms with E-state index in [1.54, 1.807) is 12.3 Å². The Bertz CT molecular complexity index is 1020. The topological polar surface area (TPSA) is 102 Å². The fraction of sp³-hybridized carbons (Fsp3) is 0.211. The van der Waals surface area contributed by atoms with Crippen molar-refractivity contribution in [2.24, 2.45) is 0 Å². The third kappa shape index (κ3) is 3.89. The minimum Gasteiger partial charge on any atom is -0.309 e. The Kier molecular flexibility index (Phi) is 5.07. The molecule has 1 unspecified atom stereocenters. The van der Waals surface area contributed by atoms with Gasteiger partial charge in [-0.25, -0.2) is 9.67 Å². The molecule has 28 heavy (non-hydrogen) atoms. The molecule has 4 rings (SSSR count). The van der Waals surface area contributed by atoms with Crippen LogP contribution in [0.2, 0.25) is 0 Å². The van der Waals surface area contributed by atoms with Crippen LogP contribution in [-0.2, 0) is 15.3 Å². The first-order chi connectivity index (χ1) is 13.6. The van der Waals surface area contributed by atoms with Gasteiger partial charge in [-0.2, -0.15) is 4.98 Å². The van der Waals surface area contributed by atoms with E-state index in [4.69, 9.17) is 0 Å². The molecule has 9 heteroatoms. The van der Waals surface area contributed by atoms with Gasteiger partial charge in [0.2, 0.25) is 17.0 Å². The number of carbonyl (C=O) groups is 2. The lowest BCUT2D eigenvalue weighted by atomic mass is 10.1. The predicted molar refractivity (Wildman–Crippen MR) is 106 cm³/mol. The lowest BCUT2D eigenvalue weighted by Crippen LogP contribution is -2.36. The van der Waals surface area contributed by atoms with Crippen LogP contribution in [0.25, 0.3) is 0 Å². The molecule has 1 atom stereocenters. The Morgan fingerprint density at radius 1 is 1.29 bits per heavy atom. The average Bonchev–Trinajstić information content (AvgIpc) is 3.11. The van der Waals surface area contributed by atoms with E-state index in [-0.39, 0.29) is 24.2 Å². The van der Waals surface area contributed by atoms with Crippen molar-refractivity contribution in [2.45, 2.75) is 30.3 Å². The van der Waals surface area contributed by atoms with Crippen LogP contribution in [0.4, 0.5) is 11.8 Å². The number of amides is 2. The van der Waals surface area contributed by atoms with Crippen molar-refractivity contribution in [2.75, 3.05) is 10.6 Å². The molecule has 0 radical (unpaired) electrons. The number of benzene rings is 1. The summed E-state index contributed by atoms with van der Waals surface area (Å²) in [4.78, 5) is 33.4. The maximum Gasteiger partial charge on any atom is 0.251 e. The number of hydrogen-bond acceptors (Lipinski definition) is 6. The van der Waals surface area contributed by atoms with E-state index in [1.807, 2.05) is 43.3 Å². The summed E-state index contributed by atoms with van der Waals surface area (Å²) in [6.07, 6.45) is 1.60. The molecule has 0 fully saturated rings. The fourth-order valence-electron chi connectivity index (χ4n) is 2.85. The summed E-state index contributed by atoms with van der Waals surface area (Å²) in [5.41, 5.74) is 1.98. The van der Waals surface area contributed by atoms with Crippen LogP contribution in [0, 0.1) is 6.92 Å². The molecule has 1 aliphatic heterocycles. The average molecular weight is 394 g/mol. The maximum atomic E-state index is 12.8. The molecule has 0 aliphatic carbocycles. The molecular weight excluding hydrogens is 376 g/mol. The Hall–Kier alpha value is -3.20. The smallest absolute Gasteiger partial charge is 0.251 e. The lowest BCUT2D eigenvalue weighted by molar-refractivity contribution is -0.125. The second-order valence-corrected chi connectivity index (χ2v) is 7.31. The zero-order chi connectivity index (χ0) is 19.5. The van der Waals surface area contributed by atoms with E-state index in [0.717, 1.165) is 11.1 Å². The van der Waals surface area contributed by atoms with Crippen LogP contribution in [-0.4, -0.2) is 31.6 Å². The number of anilines is 2. The Labute approximate surface area is 165 Å². The molecule has 0 saturated carbocycles. The first-order valence-electron chi connectivity index (χ1n) is 8.76. The van der Waals surface area contributed by atoms with E-state index in [9.17, 15) is 9.59 Å². The van der Waals surface area contributed by atoms with Crippen LogP contribution in [0.5, 0.6) is 0 Å². The van der Waals surface area contributed by atoms with Gasteiger partial charge in [-0.1, -0.05) is 48.2 Å². The van der Waals surface area contributed by atoms with Crippen molar-refractivity contribution in [3.63, 3.8) is 0 Å². The molecule has 1 aromatic carbocycles. The van der Waals surface area contributed by atoms with Gasteiger partial charge < -0.3 is 5.32 Å². The molecule has 0 saturated heterocycles. The molecule has 8 nitrogen and oxygen atoms in total. The highest BCUT2D eigenvalue weighted by Gasteiger charge is 2.33. The second-order valence-electron chi connectivity index (χ2n) is 6.36. The Morgan fingerprint density at radius 2 is 2.11 bits per heavy atom. The first kappa shape index (κ1) is 18.2. The van der Waals surface area contributed by atoms with Gasteiger partial charge in [-0.15, -0.1) is 5.10 Å². The standard InChI is InChI=1S/C19H18N6O2S/c1-12-6-5-9-20-16(12)22-17(27)14-10-15(26)21-18-23-19(24-25(14)18)28-11-13-7-3-2-4-8-13/h2-9,14H,10-11H2,1H3,(H,20,22,27)(H,21,23,24,26). The third-order valence-electron chi connectivity index (χ3n) is 4.30. The number of rotatable bonds is 5. The molecule has 2 amide bonds. The first-order valence-corrected chi connectivity index (χ1v) is 9.74. The van der Waals surface area contributed by atoms with Crippen LogP contribution in [0.15, 0.2) is 53.8 Å². The monoisotopic (exact) mass is 394 g/mol. The molecule has 2 aromatic heterocycles. The number of nitrogens with one attached hydrogen (secondary N) is 2. The Balaban J connectivity index is 1.53. The normalized spacial score (nSPS) is 15.6. The van der Waals surface area contributed by atoms with E-state index in [2.05, 4.69) is 25.7 Å². The van der Waals surface area contributed by atoms with Crippen molar-refractivity contribution in [1.29, 1.82) is 0 Å². The number of carbonyl (C=O) groups excluding carboxylic acids is 2. The highest BCUT2D eigenvalue weighted by atomic mass is 32.2. The van der Waals surface area contributed by atoms with Gasteiger partial charge in [-0.3, -0.25) is 14.9 Å². The van der Waals surface area contributed by atoms with Gasteiger partial charge in [0.15, 0.2) is 0 Å². The summed E-state index contributed by atoms with van der Waals surface area (Å²) < 4.78 is 1.47. The summed E-state index contributed by atoms with van der Waals surface area (Å²) in [7, 11) is 0. The highest BCUT2D eigenvalue weighted by Crippen LogP contribution is 2.28. The summed E-state index contributed by atoms with van der Waals surface area (Å²) >= 11 is 1.45. The van der Waals surface area contributed by atoms with Crippen molar-refractivity contribution in [3.05, 3.63) is 59.8 Å². The summed E-state index contributed by atoms with van der Waals surface area (Å²) in [6, 6.07) is 12.8. The maximum absolute atomic E-state index is 12.8. The van der Waals surface area contributed by atoms with Crippen LogP contribution in [0.1, 0.15) is 23.6 Å². The van der Waals surface area contributed by atoms with Crippen molar-refractivity contribution in [3.8, 4) is 0 Å². The Morgan fingerprint density at radius 3 is 2.89 bits per heavy atom. The van der Waals surface area contributed by atoms with Crippen molar-refractivity contribution in [1.82, 2.24) is 19.7 Å². The summed E-state index contributed by atoms with van der Waals surface area (Å²) in [6.45, 7) is 1.86. The molecule has 1 aliphatic rings. The van der Waals surface area contributed by atoms with E-state index < -0.39 is 6.04 Å². The minimum absolute atomic E-state index is 0.00311. The minimum atomic E-state index is -0.774. The number of fused-ring (bicyclic) bond motifs is 1. The third-order valence-corrected chi connectivity index (χ3v) is 5.21. The van der Waals surface area contributed by atoms with Gasteiger partial charge in [0.05, 0.1) is 6.42 Å². The van der Waals surface area contributed by atoms with Gasteiger partial charge in [0.25, 0.3) is 5.91 Å². The summed E-state index contributed by atoms with van der Waals surface area (Å²) in [5.74, 6) is 0.839. The fourth-order valence-corrected chi connectivity index (χ4v) is 3.63. The second kappa shape index (κ2) is 7.81. The molecule has 142 valence electrons. The van der Waals surface area contributed by atoms with E-state index in [0.29, 0.717) is 16.7 Å². The lowest BCUT2D eigenvalue weighted by Gasteiger charge is -2.22. The van der Waals surface area contributed by atoms with Gasteiger partial charge in [0, 0.05) is 11.9 Å². The number of hydrogen-bond donors (Lipinski definition) is 2. The molecule has 0 bridgehead atoms. The van der Waals surface area contributed by atoms with Crippen LogP contribution in [0.3, 0.4) is 0 Å². The van der Waals surface area contributed by atoms with Crippen molar-refractivity contribution < 1.29 is 9.59 Å². The van der Waals surface area contributed by atoms with Gasteiger partial charge in [-0.05, 0) is 24.1 Å². The molecule has 3 aromatic rings. The predicted octanol–water partition coefficient (Wildman–Crippen LogP) is 2.80. The number of nitrogens with zero attached hydrogens (tertiary/aromatic N) is 4. The molecule has 2 N–H and O–H groups in total. The molecule has 0 spiro atoms. The number of aromatic nitrogens is 4. The molecule has 3 heterocycles. The van der Waals surface area contributed by atoms with Gasteiger partial charge in [0.1, 0.15) is 11.9 Å². The van der Waals surface area contributed by atoms with Crippen molar-refractivity contribution >= 4 is 35.3 Å². The van der Waals surface area contributed by atoms with E-state index >= 15 is 0 Å². The van der Waals surface area contributed by atoms with Gasteiger partial charge >= 0.3 is 0 Å². The zero-order valence-electron chi connectivity index (χ0n) is 15.1. The quantitative estimate of drug-likeness (QED) is 0.645. The number of aryl methyl sites for hydroxylation is 1. The SMILES string of the molecule is Cc1cccnc1NC(=O)C1CC(=O)Nc2nc(SCc3ccccc3)nn21.